The molecule has 2 amide bonds. The number of nitrogens with one attached hydrogen (secondary N) is 2. The van der Waals surface area contributed by atoms with E-state index in [2.05, 4.69) is 10.6 Å². The molecule has 0 unspecified atom stereocenters. The molecule has 1 aliphatic rings. The van der Waals surface area contributed by atoms with Crippen LogP contribution in [0.3, 0.4) is 0 Å². The number of carbonyl (C=O) groups is 2. The van der Waals surface area contributed by atoms with Gasteiger partial charge in [-0.15, -0.1) is 11.3 Å². The quantitative estimate of drug-likeness (QED) is 0.199. The van der Waals surface area contributed by atoms with Gasteiger partial charge in [-0.25, -0.2) is 16.8 Å². The number of anilines is 1. The Hall–Kier alpha value is -3.96. The number of thiophene rings is 1. The summed E-state index contributed by atoms with van der Waals surface area (Å²) in [6, 6.07) is 22.4. The Morgan fingerprint density at radius 3 is 2.00 bits per heavy atom. The van der Waals surface area contributed by atoms with Crippen molar-refractivity contribution in [3.05, 3.63) is 112 Å². The standard InChI is InChI=1S/C24H23ClF3N3O5S3.C7H7NO/c25-17-3-1-16(2-4-17)23(32)29-15-20-7-10-22(37-20)39(35,36)31-13-11-19(12-14-31)30-18-5-8-21(9-6-18)38(33,34)24(26,27)28;8-7(9)6-4-2-1-3-5-6/h1-10,19,30H,11-15H2,(H,29,32);1-5H,(H2,8,9). The van der Waals surface area contributed by atoms with Crippen molar-refractivity contribution in [2.45, 2.75) is 40.0 Å². The average molecular weight is 743 g/mol. The van der Waals surface area contributed by atoms with Gasteiger partial charge in [0.05, 0.1) is 11.4 Å². The number of hydrogen-bond donors (Lipinski definition) is 3. The zero-order valence-electron chi connectivity index (χ0n) is 25.0. The second-order valence-corrected chi connectivity index (χ2v) is 16.1. The van der Waals surface area contributed by atoms with Gasteiger partial charge in [-0.05, 0) is 85.6 Å². The first-order valence-electron chi connectivity index (χ1n) is 14.2. The van der Waals surface area contributed by atoms with Gasteiger partial charge < -0.3 is 16.4 Å². The van der Waals surface area contributed by atoms with Crippen LogP contribution in [0.25, 0.3) is 0 Å². The second kappa shape index (κ2) is 15.5. The van der Waals surface area contributed by atoms with Crippen LogP contribution in [-0.2, 0) is 26.4 Å². The fourth-order valence-corrected chi connectivity index (χ4v) is 8.34. The summed E-state index contributed by atoms with van der Waals surface area (Å²) in [6.07, 6.45) is 0.883. The van der Waals surface area contributed by atoms with Crippen molar-refractivity contribution in [3.63, 3.8) is 0 Å². The SMILES string of the molecule is NC(=O)c1ccccc1.O=C(NCc1ccc(S(=O)(=O)N2CCC(Nc3ccc(S(=O)(=O)C(F)(F)F)cc3)CC2)s1)c1ccc(Cl)cc1. The van der Waals surface area contributed by atoms with Crippen LogP contribution in [0.2, 0.25) is 5.02 Å². The normalized spacial score (nSPS) is 14.4. The van der Waals surface area contributed by atoms with Crippen LogP contribution in [0, 0.1) is 0 Å². The number of halogens is 4. The molecule has 4 N–H and O–H groups in total. The number of piperidine rings is 1. The molecule has 5 rings (SSSR count). The molecule has 1 aliphatic heterocycles. The number of amides is 2. The average Bonchev–Trinajstić information content (AvgIpc) is 3.55. The summed E-state index contributed by atoms with van der Waals surface area (Å²) < 4.78 is 89.0. The summed E-state index contributed by atoms with van der Waals surface area (Å²) in [5, 5.41) is 6.37. The Labute approximate surface area is 284 Å². The fourth-order valence-electron chi connectivity index (χ4n) is 4.53. The van der Waals surface area contributed by atoms with E-state index in [1.807, 2.05) is 6.07 Å². The molecule has 17 heteroatoms. The molecule has 0 spiro atoms. The summed E-state index contributed by atoms with van der Waals surface area (Å²) in [5.74, 6) is -0.689. The minimum absolute atomic E-state index is 0.150. The van der Waals surface area contributed by atoms with E-state index in [0.29, 0.717) is 39.6 Å². The predicted molar refractivity (Wildman–Crippen MR) is 177 cm³/mol. The van der Waals surface area contributed by atoms with Gasteiger partial charge in [0.2, 0.25) is 5.91 Å². The molecule has 0 atom stereocenters. The van der Waals surface area contributed by atoms with Crippen LogP contribution < -0.4 is 16.4 Å². The molecule has 0 aliphatic carbocycles. The number of sulfone groups is 1. The van der Waals surface area contributed by atoms with Crippen molar-refractivity contribution < 1.29 is 39.6 Å². The van der Waals surface area contributed by atoms with Gasteiger partial charge in [-0.1, -0.05) is 29.8 Å². The monoisotopic (exact) mass is 742 g/mol. The summed E-state index contributed by atoms with van der Waals surface area (Å²) in [4.78, 5) is 22.5. The van der Waals surface area contributed by atoms with Crippen molar-refractivity contribution in [1.29, 1.82) is 0 Å². The lowest BCUT2D eigenvalue weighted by Crippen LogP contribution is -2.42. The van der Waals surface area contributed by atoms with Crippen LogP contribution in [0.15, 0.2) is 100 Å². The smallest absolute Gasteiger partial charge is 0.382 e. The molecule has 48 heavy (non-hydrogen) atoms. The first kappa shape index (κ1) is 36.9. The molecule has 4 aromatic rings. The molecule has 1 fully saturated rings. The minimum atomic E-state index is -5.42. The maximum atomic E-state index is 13.1. The second-order valence-electron chi connectivity index (χ2n) is 10.4. The molecule has 256 valence electrons. The van der Waals surface area contributed by atoms with E-state index in [0.717, 1.165) is 23.5 Å². The van der Waals surface area contributed by atoms with E-state index >= 15 is 0 Å². The molecule has 1 aromatic heterocycles. The van der Waals surface area contributed by atoms with Crippen molar-refractivity contribution in [2.24, 2.45) is 5.73 Å². The summed E-state index contributed by atoms with van der Waals surface area (Å²) in [7, 11) is -9.17. The van der Waals surface area contributed by atoms with E-state index in [-0.39, 0.29) is 41.7 Å². The Morgan fingerprint density at radius 1 is 0.854 bits per heavy atom. The highest BCUT2D eigenvalue weighted by Gasteiger charge is 2.46. The number of nitrogens with two attached hydrogens (primary N) is 1. The van der Waals surface area contributed by atoms with Gasteiger partial charge in [0.15, 0.2) is 0 Å². The number of primary amides is 1. The summed E-state index contributed by atoms with van der Waals surface area (Å²) in [5.41, 5.74) is 1.01. The lowest BCUT2D eigenvalue weighted by atomic mass is 10.1. The molecule has 0 radical (unpaired) electrons. The third-order valence-corrected chi connectivity index (χ3v) is 12.3. The largest absolute Gasteiger partial charge is 0.501 e. The topological polar surface area (TPSA) is 156 Å². The summed E-state index contributed by atoms with van der Waals surface area (Å²) >= 11 is 6.90. The molecule has 0 saturated carbocycles. The highest BCUT2D eigenvalue weighted by molar-refractivity contribution is 7.92. The van der Waals surface area contributed by atoms with Crippen LogP contribution >= 0.6 is 22.9 Å². The van der Waals surface area contributed by atoms with Crippen LogP contribution in [0.4, 0.5) is 18.9 Å². The molecule has 2 heterocycles. The number of nitrogens with zero attached hydrogens (tertiary/aromatic N) is 1. The molecule has 0 bridgehead atoms. The zero-order chi connectivity index (χ0) is 35.1. The minimum Gasteiger partial charge on any atom is -0.382 e. The fraction of sp³-hybridized carbons (Fsp3) is 0.226. The van der Waals surface area contributed by atoms with E-state index in [9.17, 15) is 39.6 Å². The molecular formula is C31H30ClF3N4O6S3. The van der Waals surface area contributed by atoms with E-state index in [4.69, 9.17) is 17.3 Å². The maximum Gasteiger partial charge on any atom is 0.501 e. The lowest BCUT2D eigenvalue weighted by molar-refractivity contribution is -0.0436. The number of alkyl halides is 3. The van der Waals surface area contributed by atoms with Crippen molar-refractivity contribution in [2.75, 3.05) is 18.4 Å². The Kier molecular flexibility index (Phi) is 11.9. The maximum absolute atomic E-state index is 13.1. The van der Waals surface area contributed by atoms with Crippen LogP contribution in [0.1, 0.15) is 38.4 Å². The van der Waals surface area contributed by atoms with Crippen LogP contribution in [0.5, 0.6) is 0 Å². The van der Waals surface area contributed by atoms with E-state index in [1.165, 1.54) is 22.5 Å². The number of hydrogen-bond acceptors (Lipinski definition) is 8. The molecule has 1 saturated heterocycles. The summed E-state index contributed by atoms with van der Waals surface area (Å²) in [6.45, 7) is 0.610. The predicted octanol–water partition coefficient (Wildman–Crippen LogP) is 5.68. The van der Waals surface area contributed by atoms with Gasteiger partial charge in [0, 0.05) is 45.8 Å². The lowest BCUT2D eigenvalue weighted by Gasteiger charge is -2.31. The Bertz CT molecular complexity index is 1930. The molecular weight excluding hydrogens is 713 g/mol. The number of sulfonamides is 1. The van der Waals surface area contributed by atoms with Crippen molar-refractivity contribution in [3.8, 4) is 0 Å². The first-order chi connectivity index (χ1) is 22.6. The number of benzene rings is 3. The van der Waals surface area contributed by atoms with Gasteiger partial charge in [-0.2, -0.15) is 17.5 Å². The van der Waals surface area contributed by atoms with Crippen LogP contribution in [-0.4, -0.2) is 57.6 Å². The van der Waals surface area contributed by atoms with Gasteiger partial charge in [0.25, 0.3) is 25.8 Å². The molecule has 3 aromatic carbocycles. The number of rotatable bonds is 9. The zero-order valence-corrected chi connectivity index (χ0v) is 28.2. The van der Waals surface area contributed by atoms with Crippen molar-refractivity contribution in [1.82, 2.24) is 9.62 Å². The highest BCUT2D eigenvalue weighted by atomic mass is 35.5. The third kappa shape index (κ3) is 9.35. The Morgan fingerprint density at radius 2 is 1.46 bits per heavy atom. The van der Waals surface area contributed by atoms with Gasteiger partial charge >= 0.3 is 5.51 Å². The van der Waals surface area contributed by atoms with E-state index in [1.54, 1.807) is 54.6 Å². The Balaban J connectivity index is 0.000000500. The molecule has 10 nitrogen and oxygen atoms in total. The number of carbonyl (C=O) groups excluding carboxylic acids is 2. The first-order valence-corrected chi connectivity index (χ1v) is 18.3. The van der Waals surface area contributed by atoms with Gasteiger partial charge in [-0.3, -0.25) is 9.59 Å². The highest BCUT2D eigenvalue weighted by Crippen LogP contribution is 2.31. The van der Waals surface area contributed by atoms with Gasteiger partial charge in [0.1, 0.15) is 4.21 Å². The third-order valence-electron chi connectivity index (χ3n) is 7.11. The van der Waals surface area contributed by atoms with E-state index < -0.39 is 30.3 Å². The van der Waals surface area contributed by atoms with Crippen molar-refractivity contribution >= 4 is 60.3 Å².